The smallest absolute Gasteiger partial charge is 0.303 e. The highest BCUT2D eigenvalue weighted by Gasteiger charge is 2.40. The van der Waals surface area contributed by atoms with Crippen LogP contribution in [0.3, 0.4) is 0 Å². The van der Waals surface area contributed by atoms with E-state index in [9.17, 15) is 18.4 Å². The van der Waals surface area contributed by atoms with E-state index in [1.807, 2.05) is 20.8 Å². The maximum absolute atomic E-state index is 12.6. The number of likely N-dealkylation sites (tertiary alicyclic amines) is 1. The second-order valence-electron chi connectivity index (χ2n) is 6.50. The molecular formula is C15H26F3N3. The Morgan fingerprint density at radius 1 is 1.29 bits per heavy atom. The summed E-state index contributed by atoms with van der Waals surface area (Å²) in [4.78, 5) is 2.08. The highest BCUT2D eigenvalue weighted by molar-refractivity contribution is 5.04. The van der Waals surface area contributed by atoms with E-state index < -0.39 is 17.6 Å². The van der Waals surface area contributed by atoms with Gasteiger partial charge in [-0.1, -0.05) is 0 Å². The fraction of sp³-hybridized carbons (Fsp3) is 0.933. The first-order valence-electron chi connectivity index (χ1n) is 7.64. The van der Waals surface area contributed by atoms with E-state index >= 15 is 0 Å². The van der Waals surface area contributed by atoms with Crippen LogP contribution in [0, 0.1) is 17.2 Å². The zero-order valence-electron chi connectivity index (χ0n) is 13.1. The topological polar surface area (TPSA) is 39.1 Å². The highest BCUT2D eigenvalue weighted by atomic mass is 19.4. The van der Waals surface area contributed by atoms with Crippen molar-refractivity contribution in [1.82, 2.24) is 10.2 Å². The van der Waals surface area contributed by atoms with Gasteiger partial charge in [0.25, 0.3) is 0 Å². The number of nitriles is 1. The molecule has 0 aromatic carbocycles. The summed E-state index contributed by atoms with van der Waals surface area (Å²) < 4.78 is 37.7. The molecule has 1 atom stereocenters. The monoisotopic (exact) mass is 305 g/mol. The van der Waals surface area contributed by atoms with Gasteiger partial charge in [0.15, 0.2) is 0 Å². The van der Waals surface area contributed by atoms with E-state index in [0.717, 1.165) is 13.0 Å². The molecule has 0 spiro atoms. The summed E-state index contributed by atoms with van der Waals surface area (Å²) in [5.41, 5.74) is -0.557. The van der Waals surface area contributed by atoms with E-state index in [1.54, 1.807) is 0 Å². The third-order valence-electron chi connectivity index (χ3n) is 4.06. The molecule has 122 valence electrons. The van der Waals surface area contributed by atoms with Crippen molar-refractivity contribution in [1.29, 1.82) is 5.26 Å². The predicted molar refractivity (Wildman–Crippen MR) is 76.7 cm³/mol. The van der Waals surface area contributed by atoms with Crippen LogP contribution < -0.4 is 5.32 Å². The van der Waals surface area contributed by atoms with Gasteiger partial charge in [-0.25, -0.2) is 0 Å². The Kier molecular flexibility index (Phi) is 6.48. The van der Waals surface area contributed by atoms with E-state index in [1.165, 1.54) is 0 Å². The van der Waals surface area contributed by atoms with E-state index in [-0.39, 0.29) is 18.9 Å². The van der Waals surface area contributed by atoms with E-state index in [0.29, 0.717) is 19.5 Å². The van der Waals surface area contributed by atoms with E-state index in [2.05, 4.69) is 16.3 Å². The minimum absolute atomic E-state index is 0.198. The Hall–Kier alpha value is -0.800. The van der Waals surface area contributed by atoms with Gasteiger partial charge in [-0.05, 0) is 66.1 Å². The molecule has 1 rings (SSSR count). The molecule has 0 saturated carbocycles. The van der Waals surface area contributed by atoms with Crippen molar-refractivity contribution >= 4 is 0 Å². The third kappa shape index (κ3) is 6.23. The van der Waals surface area contributed by atoms with Crippen LogP contribution >= 0.6 is 0 Å². The SMILES string of the molecule is CC(C)NC(C)(C#N)CCCN1CCC(C(F)(F)F)CC1. The molecule has 1 heterocycles. The minimum atomic E-state index is -4.05. The molecule has 1 saturated heterocycles. The second-order valence-corrected chi connectivity index (χ2v) is 6.50. The van der Waals surface area contributed by atoms with Crippen LogP contribution in [0.2, 0.25) is 0 Å². The molecular weight excluding hydrogens is 279 g/mol. The molecule has 6 heteroatoms. The van der Waals surface area contributed by atoms with Crippen molar-refractivity contribution in [2.75, 3.05) is 19.6 Å². The number of nitrogens with zero attached hydrogens (tertiary/aromatic N) is 2. The number of hydrogen-bond acceptors (Lipinski definition) is 3. The number of piperidine rings is 1. The fourth-order valence-electron chi connectivity index (χ4n) is 2.94. The fourth-order valence-corrected chi connectivity index (χ4v) is 2.94. The quantitative estimate of drug-likeness (QED) is 0.818. The average molecular weight is 305 g/mol. The zero-order valence-corrected chi connectivity index (χ0v) is 13.1. The summed E-state index contributed by atoms with van der Waals surface area (Å²) in [6.45, 7) is 7.65. The molecule has 21 heavy (non-hydrogen) atoms. The first-order valence-corrected chi connectivity index (χ1v) is 7.64. The van der Waals surface area contributed by atoms with Crippen molar-refractivity contribution in [2.24, 2.45) is 5.92 Å². The Morgan fingerprint density at radius 2 is 1.86 bits per heavy atom. The lowest BCUT2D eigenvalue weighted by Crippen LogP contribution is -2.45. The minimum Gasteiger partial charge on any atom is -0.303 e. The number of hydrogen-bond donors (Lipinski definition) is 1. The van der Waals surface area contributed by atoms with Crippen molar-refractivity contribution in [2.45, 2.75) is 64.2 Å². The Labute approximate surface area is 125 Å². The summed E-state index contributed by atoms with van der Waals surface area (Å²) in [7, 11) is 0. The van der Waals surface area contributed by atoms with Crippen molar-refractivity contribution < 1.29 is 13.2 Å². The summed E-state index contributed by atoms with van der Waals surface area (Å²) in [6.07, 6.45) is -2.12. The summed E-state index contributed by atoms with van der Waals surface area (Å²) >= 11 is 0. The van der Waals surface area contributed by atoms with Crippen molar-refractivity contribution in [3.63, 3.8) is 0 Å². The van der Waals surface area contributed by atoms with Gasteiger partial charge < -0.3 is 4.90 Å². The molecule has 1 aliphatic rings. The van der Waals surface area contributed by atoms with E-state index in [4.69, 9.17) is 0 Å². The normalized spacial score (nSPS) is 21.2. The molecule has 0 aliphatic carbocycles. The van der Waals surface area contributed by atoms with Crippen molar-refractivity contribution in [3.8, 4) is 6.07 Å². The lowest BCUT2D eigenvalue weighted by molar-refractivity contribution is -0.185. The van der Waals surface area contributed by atoms with Crippen LogP contribution in [-0.2, 0) is 0 Å². The second kappa shape index (κ2) is 7.46. The van der Waals surface area contributed by atoms with Crippen LogP contribution in [0.5, 0.6) is 0 Å². The number of nitrogens with one attached hydrogen (secondary N) is 1. The lowest BCUT2D eigenvalue weighted by atomic mass is 9.94. The standard InChI is InChI=1S/C15H26F3N3/c1-12(2)20-14(3,11-19)7-4-8-21-9-5-13(6-10-21)15(16,17)18/h12-13,20H,4-10H2,1-3H3. The summed E-state index contributed by atoms with van der Waals surface area (Å²) in [5.74, 6) is -1.14. The molecule has 0 aromatic rings. The molecule has 0 radical (unpaired) electrons. The lowest BCUT2D eigenvalue weighted by Gasteiger charge is -2.33. The zero-order chi connectivity index (χ0) is 16.1. The van der Waals surface area contributed by atoms with Gasteiger partial charge in [-0.2, -0.15) is 18.4 Å². The first kappa shape index (κ1) is 18.2. The molecule has 1 unspecified atom stereocenters. The van der Waals surface area contributed by atoms with Crippen LogP contribution in [0.1, 0.15) is 46.5 Å². The van der Waals surface area contributed by atoms with Crippen LogP contribution in [0.4, 0.5) is 13.2 Å². The molecule has 0 bridgehead atoms. The molecule has 0 amide bonds. The molecule has 0 aromatic heterocycles. The molecule has 1 N–H and O–H groups in total. The predicted octanol–water partition coefficient (Wildman–Crippen LogP) is 3.32. The Bertz CT molecular complexity index is 354. The van der Waals surface area contributed by atoms with Gasteiger partial charge in [-0.3, -0.25) is 5.32 Å². The Morgan fingerprint density at radius 3 is 2.29 bits per heavy atom. The van der Waals surface area contributed by atoms with Gasteiger partial charge in [0, 0.05) is 6.04 Å². The van der Waals surface area contributed by atoms with Gasteiger partial charge in [-0.15, -0.1) is 0 Å². The molecule has 1 fully saturated rings. The van der Waals surface area contributed by atoms with Crippen molar-refractivity contribution in [3.05, 3.63) is 0 Å². The first-order chi connectivity index (χ1) is 9.66. The largest absolute Gasteiger partial charge is 0.391 e. The number of halogens is 3. The summed E-state index contributed by atoms with van der Waals surface area (Å²) in [6, 6.07) is 2.53. The van der Waals surface area contributed by atoms with Gasteiger partial charge in [0.05, 0.1) is 12.0 Å². The van der Waals surface area contributed by atoms with Crippen LogP contribution in [0.25, 0.3) is 0 Å². The third-order valence-corrected chi connectivity index (χ3v) is 4.06. The average Bonchev–Trinajstić information content (AvgIpc) is 2.37. The maximum atomic E-state index is 12.6. The van der Waals surface area contributed by atoms with Gasteiger partial charge in [0.2, 0.25) is 0 Å². The number of rotatable bonds is 6. The Balaban J connectivity index is 2.30. The number of alkyl halides is 3. The van der Waals surface area contributed by atoms with Gasteiger partial charge >= 0.3 is 6.18 Å². The van der Waals surface area contributed by atoms with Gasteiger partial charge in [0.1, 0.15) is 5.54 Å². The summed E-state index contributed by atoms with van der Waals surface area (Å²) in [5, 5.41) is 12.5. The maximum Gasteiger partial charge on any atom is 0.391 e. The van der Waals surface area contributed by atoms with Crippen LogP contribution in [-0.4, -0.2) is 42.3 Å². The van der Waals surface area contributed by atoms with Crippen LogP contribution in [0.15, 0.2) is 0 Å². The molecule has 3 nitrogen and oxygen atoms in total. The highest BCUT2D eigenvalue weighted by Crippen LogP contribution is 2.34. The molecule has 1 aliphatic heterocycles.